The fourth-order valence-corrected chi connectivity index (χ4v) is 3.07. The van der Waals surface area contributed by atoms with E-state index in [9.17, 15) is 4.79 Å². The van der Waals surface area contributed by atoms with E-state index in [0.29, 0.717) is 5.15 Å². The van der Waals surface area contributed by atoms with E-state index in [1.807, 2.05) is 67.6 Å². The van der Waals surface area contributed by atoms with E-state index in [-0.39, 0.29) is 11.9 Å². The molecule has 0 radical (unpaired) electrons. The summed E-state index contributed by atoms with van der Waals surface area (Å²) in [5.41, 5.74) is 3.58. The molecule has 1 N–H and O–H groups in total. The Labute approximate surface area is 158 Å². The Balaban J connectivity index is 1.83. The Hall–Kier alpha value is -2.85. The first-order valence-electron chi connectivity index (χ1n) is 8.34. The van der Waals surface area contributed by atoms with E-state index in [2.05, 4.69) is 10.4 Å². The quantitative estimate of drug-likeness (QED) is 0.685. The van der Waals surface area contributed by atoms with Crippen LogP contribution >= 0.6 is 11.6 Å². The Morgan fingerprint density at radius 2 is 1.62 bits per heavy atom. The zero-order chi connectivity index (χ0) is 18.5. The van der Waals surface area contributed by atoms with Crippen LogP contribution in [0.15, 0.2) is 66.7 Å². The number of hydrogen-bond donors (Lipinski definition) is 1. The second-order valence-corrected chi connectivity index (χ2v) is 6.37. The van der Waals surface area contributed by atoms with E-state index in [4.69, 9.17) is 11.6 Å². The van der Waals surface area contributed by atoms with Gasteiger partial charge in [0.2, 0.25) is 5.91 Å². The molecule has 0 aliphatic rings. The highest BCUT2D eigenvalue weighted by atomic mass is 35.5. The number of nitrogens with one attached hydrogen (secondary N) is 1. The van der Waals surface area contributed by atoms with Gasteiger partial charge in [-0.3, -0.25) is 9.48 Å². The number of aryl methyl sites for hydroxylation is 2. The van der Waals surface area contributed by atoms with Gasteiger partial charge in [-0.25, -0.2) is 0 Å². The molecule has 3 rings (SSSR count). The molecule has 3 aromatic rings. The second kappa shape index (κ2) is 8.02. The molecule has 132 valence electrons. The lowest BCUT2D eigenvalue weighted by atomic mass is 9.98. The van der Waals surface area contributed by atoms with Gasteiger partial charge in [0.25, 0.3) is 0 Å². The molecule has 2 aromatic carbocycles. The molecule has 0 spiro atoms. The molecule has 26 heavy (non-hydrogen) atoms. The first-order chi connectivity index (χ1) is 12.6. The topological polar surface area (TPSA) is 46.9 Å². The van der Waals surface area contributed by atoms with Crippen LogP contribution in [0.4, 0.5) is 0 Å². The molecule has 0 saturated heterocycles. The molecule has 1 amide bonds. The first kappa shape index (κ1) is 18.0. The van der Waals surface area contributed by atoms with E-state index in [1.165, 1.54) is 6.08 Å². The number of nitrogens with zero attached hydrogens (tertiary/aromatic N) is 2. The molecule has 0 unspecified atom stereocenters. The molecule has 4 nitrogen and oxygen atoms in total. The Morgan fingerprint density at radius 1 is 1.08 bits per heavy atom. The van der Waals surface area contributed by atoms with Gasteiger partial charge in [-0.1, -0.05) is 72.3 Å². The van der Waals surface area contributed by atoms with Crippen molar-refractivity contribution in [2.75, 3.05) is 0 Å². The fraction of sp³-hybridized carbons (Fsp3) is 0.143. The molecular formula is C21H20ClN3O. The second-order valence-electron chi connectivity index (χ2n) is 6.01. The highest BCUT2D eigenvalue weighted by Gasteiger charge is 2.15. The summed E-state index contributed by atoms with van der Waals surface area (Å²) in [5, 5.41) is 7.82. The molecule has 0 aliphatic carbocycles. The summed E-state index contributed by atoms with van der Waals surface area (Å²) in [6.07, 6.45) is 3.20. The lowest BCUT2D eigenvalue weighted by molar-refractivity contribution is -0.116. The molecule has 0 aliphatic heterocycles. The zero-order valence-electron chi connectivity index (χ0n) is 14.7. The number of carbonyl (C=O) groups excluding carboxylic acids is 1. The van der Waals surface area contributed by atoms with Gasteiger partial charge in [0.05, 0.1) is 11.7 Å². The van der Waals surface area contributed by atoms with Crippen molar-refractivity contribution in [3.63, 3.8) is 0 Å². The maximum atomic E-state index is 12.5. The average Bonchev–Trinajstić information content (AvgIpc) is 2.91. The monoisotopic (exact) mass is 365 g/mol. The Kier molecular flexibility index (Phi) is 5.54. The van der Waals surface area contributed by atoms with Crippen LogP contribution < -0.4 is 5.32 Å². The summed E-state index contributed by atoms with van der Waals surface area (Å²) >= 11 is 6.21. The van der Waals surface area contributed by atoms with E-state index >= 15 is 0 Å². The third-order valence-electron chi connectivity index (χ3n) is 4.15. The van der Waals surface area contributed by atoms with Crippen LogP contribution in [0.3, 0.4) is 0 Å². The Bertz CT molecular complexity index is 878. The van der Waals surface area contributed by atoms with Gasteiger partial charge >= 0.3 is 0 Å². The van der Waals surface area contributed by atoms with Crippen molar-refractivity contribution in [1.29, 1.82) is 0 Å². The van der Waals surface area contributed by atoms with Gasteiger partial charge < -0.3 is 5.32 Å². The number of hydrogen-bond acceptors (Lipinski definition) is 2. The van der Waals surface area contributed by atoms with Gasteiger partial charge in [0.1, 0.15) is 5.15 Å². The van der Waals surface area contributed by atoms with Crippen LogP contribution in [0, 0.1) is 6.92 Å². The molecule has 0 bridgehead atoms. The third-order valence-corrected chi connectivity index (χ3v) is 4.60. The van der Waals surface area contributed by atoms with Gasteiger partial charge in [-0.05, 0) is 24.1 Å². The van der Waals surface area contributed by atoms with Crippen LogP contribution in [0.25, 0.3) is 6.08 Å². The number of rotatable bonds is 5. The van der Waals surface area contributed by atoms with Crippen LogP contribution in [-0.2, 0) is 11.8 Å². The van der Waals surface area contributed by atoms with Gasteiger partial charge in [-0.2, -0.15) is 5.10 Å². The van der Waals surface area contributed by atoms with Crippen LogP contribution in [0.1, 0.15) is 28.4 Å². The maximum Gasteiger partial charge on any atom is 0.244 e. The predicted octanol–water partition coefficient (Wildman–Crippen LogP) is 4.30. The summed E-state index contributed by atoms with van der Waals surface area (Å²) in [5.74, 6) is -0.193. The molecule has 1 heterocycles. The number of halogens is 1. The molecule has 0 fully saturated rings. The van der Waals surface area contributed by atoms with Crippen molar-refractivity contribution in [3.05, 3.63) is 94.3 Å². The maximum absolute atomic E-state index is 12.5. The summed E-state index contributed by atoms with van der Waals surface area (Å²) in [7, 11) is 1.77. The standard InChI is InChI=1S/C21H20ClN3O/c1-15-18(21(22)25(2)24-15)13-14-19(26)23-20(16-9-5-3-6-10-16)17-11-7-4-8-12-17/h3-14,20H,1-2H3,(H,23,26)/b14-13+. The minimum atomic E-state index is -0.222. The predicted molar refractivity (Wildman–Crippen MR) is 105 cm³/mol. The van der Waals surface area contributed by atoms with Crippen molar-refractivity contribution < 1.29 is 4.79 Å². The molecule has 5 heteroatoms. The van der Waals surface area contributed by atoms with E-state index in [0.717, 1.165) is 22.4 Å². The first-order valence-corrected chi connectivity index (χ1v) is 8.71. The number of benzene rings is 2. The lowest BCUT2D eigenvalue weighted by Gasteiger charge is -2.19. The zero-order valence-corrected chi connectivity index (χ0v) is 15.4. The largest absolute Gasteiger partial charge is 0.342 e. The highest BCUT2D eigenvalue weighted by molar-refractivity contribution is 6.31. The average molecular weight is 366 g/mol. The Morgan fingerprint density at radius 3 is 2.08 bits per heavy atom. The summed E-state index contributed by atoms with van der Waals surface area (Å²) < 4.78 is 1.59. The summed E-state index contributed by atoms with van der Waals surface area (Å²) in [6.45, 7) is 1.86. The van der Waals surface area contributed by atoms with Crippen molar-refractivity contribution in [1.82, 2.24) is 15.1 Å². The number of amides is 1. The van der Waals surface area contributed by atoms with Crippen molar-refractivity contribution in [3.8, 4) is 0 Å². The number of aromatic nitrogens is 2. The van der Waals surface area contributed by atoms with Gasteiger partial charge in [0, 0.05) is 18.7 Å². The van der Waals surface area contributed by atoms with Crippen LogP contribution in [-0.4, -0.2) is 15.7 Å². The molecule has 0 atom stereocenters. The van der Waals surface area contributed by atoms with Crippen molar-refractivity contribution in [2.24, 2.45) is 7.05 Å². The molecule has 0 saturated carbocycles. The SMILES string of the molecule is Cc1nn(C)c(Cl)c1/C=C/C(=O)NC(c1ccccc1)c1ccccc1. The van der Waals surface area contributed by atoms with E-state index in [1.54, 1.807) is 17.8 Å². The highest BCUT2D eigenvalue weighted by Crippen LogP contribution is 2.22. The van der Waals surface area contributed by atoms with Gasteiger partial charge in [0.15, 0.2) is 0 Å². The van der Waals surface area contributed by atoms with Crippen molar-refractivity contribution >= 4 is 23.6 Å². The summed E-state index contributed by atoms with van der Waals surface area (Å²) in [4.78, 5) is 12.5. The van der Waals surface area contributed by atoms with Crippen LogP contribution in [0.2, 0.25) is 5.15 Å². The number of carbonyl (C=O) groups is 1. The minimum absolute atomic E-state index is 0.193. The fourth-order valence-electron chi connectivity index (χ4n) is 2.84. The summed E-state index contributed by atoms with van der Waals surface area (Å²) in [6, 6.07) is 19.6. The minimum Gasteiger partial charge on any atom is -0.342 e. The molecular weight excluding hydrogens is 346 g/mol. The van der Waals surface area contributed by atoms with Gasteiger partial charge in [-0.15, -0.1) is 0 Å². The third kappa shape index (κ3) is 4.03. The van der Waals surface area contributed by atoms with E-state index < -0.39 is 0 Å². The van der Waals surface area contributed by atoms with Crippen LogP contribution in [0.5, 0.6) is 0 Å². The normalized spacial score (nSPS) is 11.2. The smallest absolute Gasteiger partial charge is 0.244 e. The molecule has 1 aromatic heterocycles. The lowest BCUT2D eigenvalue weighted by Crippen LogP contribution is -2.27. The van der Waals surface area contributed by atoms with Crippen molar-refractivity contribution in [2.45, 2.75) is 13.0 Å².